The van der Waals surface area contributed by atoms with E-state index in [1.807, 2.05) is 34.6 Å². The molecule has 1 rings (SSSR count). The quantitative estimate of drug-likeness (QED) is 0.156. The van der Waals surface area contributed by atoms with Crippen LogP contribution in [0.25, 0.3) is 0 Å². The van der Waals surface area contributed by atoms with Gasteiger partial charge in [0.15, 0.2) is 0 Å². The average molecular weight is 609 g/mol. The number of nitrogens with one attached hydrogen (secondary N) is 3. The number of nitrogens with two attached hydrogens (primary N) is 1. The summed E-state index contributed by atoms with van der Waals surface area (Å²) < 4.78 is 11.1. The molecular formula is C30H48N4O9. The minimum Gasteiger partial charge on any atom is -0.488 e. The minimum absolute atomic E-state index is 0.0634. The van der Waals surface area contributed by atoms with Crippen molar-refractivity contribution in [1.82, 2.24) is 16.0 Å². The first kappa shape index (κ1) is 37.3. The van der Waals surface area contributed by atoms with Gasteiger partial charge in [-0.25, -0.2) is 4.79 Å². The molecule has 3 amide bonds. The molecule has 0 aromatic heterocycles. The SMILES string of the molecule is CC(C)C[C@H](NC(=O)[C@@H](N)Cc1ccc(OC(C)(C)C)cc1)C(=O)N[C@@H](CC(=O)OC(C)(C)C)C(=O)N[C@@H](CO)C(=O)O. The van der Waals surface area contributed by atoms with Gasteiger partial charge in [-0.1, -0.05) is 26.0 Å². The second kappa shape index (κ2) is 16.2. The van der Waals surface area contributed by atoms with E-state index < -0.39 is 72.5 Å². The van der Waals surface area contributed by atoms with E-state index in [2.05, 4.69) is 16.0 Å². The van der Waals surface area contributed by atoms with Gasteiger partial charge < -0.3 is 41.4 Å². The molecule has 0 fully saturated rings. The van der Waals surface area contributed by atoms with Crippen LogP contribution in [0.15, 0.2) is 24.3 Å². The van der Waals surface area contributed by atoms with E-state index in [4.69, 9.17) is 15.2 Å². The number of amides is 3. The van der Waals surface area contributed by atoms with Crippen LogP contribution in [0.3, 0.4) is 0 Å². The van der Waals surface area contributed by atoms with Gasteiger partial charge in [0.05, 0.1) is 19.1 Å². The molecule has 0 aliphatic heterocycles. The first-order valence-corrected chi connectivity index (χ1v) is 14.2. The summed E-state index contributed by atoms with van der Waals surface area (Å²) in [5.74, 6) is -4.13. The number of benzene rings is 1. The minimum atomic E-state index is -1.66. The Bertz CT molecular complexity index is 1110. The zero-order valence-corrected chi connectivity index (χ0v) is 26.4. The number of aliphatic hydroxyl groups is 1. The third-order valence-corrected chi connectivity index (χ3v) is 5.70. The smallest absolute Gasteiger partial charge is 0.328 e. The summed E-state index contributed by atoms with van der Waals surface area (Å²) >= 11 is 0. The van der Waals surface area contributed by atoms with Crippen LogP contribution < -0.4 is 26.4 Å². The highest BCUT2D eigenvalue weighted by Crippen LogP contribution is 2.19. The Balaban J connectivity index is 3.06. The van der Waals surface area contributed by atoms with Crippen LogP contribution in [-0.2, 0) is 35.1 Å². The van der Waals surface area contributed by atoms with Crippen molar-refractivity contribution in [2.24, 2.45) is 11.7 Å². The standard InChI is InChI=1S/C30H48N4O9/c1-17(2)13-21(32-25(37)20(31)14-18-9-11-19(12-10-18)42-29(3,4)5)26(38)33-22(15-24(36)43-30(6,7)8)27(39)34-23(16-35)28(40)41/h9-12,17,20-23,35H,13-16,31H2,1-8H3,(H,32,37)(H,33,38)(H,34,39)(H,40,41)/t20-,21-,22-,23-/m0/s1. The lowest BCUT2D eigenvalue weighted by molar-refractivity contribution is -0.156. The van der Waals surface area contributed by atoms with Crippen LogP contribution in [-0.4, -0.2) is 81.8 Å². The molecule has 13 heteroatoms. The molecule has 0 radical (unpaired) electrons. The summed E-state index contributed by atoms with van der Waals surface area (Å²) in [4.78, 5) is 63.1. The van der Waals surface area contributed by atoms with Gasteiger partial charge in [-0.3, -0.25) is 19.2 Å². The Hall–Kier alpha value is -3.71. The van der Waals surface area contributed by atoms with Crippen LogP contribution in [0, 0.1) is 5.92 Å². The van der Waals surface area contributed by atoms with Gasteiger partial charge in [0, 0.05) is 0 Å². The molecule has 13 nitrogen and oxygen atoms in total. The largest absolute Gasteiger partial charge is 0.488 e. The predicted molar refractivity (Wildman–Crippen MR) is 159 cm³/mol. The van der Waals surface area contributed by atoms with Crippen molar-refractivity contribution in [2.45, 2.75) is 110 Å². The maximum atomic E-state index is 13.3. The third kappa shape index (κ3) is 14.8. The molecule has 0 bridgehead atoms. The normalized spacial score (nSPS) is 14.6. The van der Waals surface area contributed by atoms with Crippen molar-refractivity contribution in [3.8, 4) is 5.75 Å². The van der Waals surface area contributed by atoms with E-state index in [0.717, 1.165) is 5.56 Å². The number of aliphatic carboxylic acids is 1. The van der Waals surface area contributed by atoms with Crippen LogP contribution in [0.5, 0.6) is 5.75 Å². The second-order valence-electron chi connectivity index (χ2n) is 12.8. The zero-order chi connectivity index (χ0) is 33.1. The Labute approximate surface area is 253 Å². The lowest BCUT2D eigenvalue weighted by Crippen LogP contribution is -2.58. The van der Waals surface area contributed by atoms with Gasteiger partial charge in [0.2, 0.25) is 17.7 Å². The molecule has 242 valence electrons. The number of ether oxygens (including phenoxy) is 2. The van der Waals surface area contributed by atoms with Gasteiger partial charge in [-0.2, -0.15) is 0 Å². The Kier molecular flexibility index (Phi) is 14.1. The number of aliphatic hydroxyl groups excluding tert-OH is 1. The fourth-order valence-electron chi connectivity index (χ4n) is 3.86. The van der Waals surface area contributed by atoms with E-state index in [1.54, 1.807) is 45.0 Å². The highest BCUT2D eigenvalue weighted by molar-refractivity contribution is 5.95. The molecule has 1 aromatic rings. The fraction of sp³-hybridized carbons (Fsp3) is 0.633. The highest BCUT2D eigenvalue weighted by Gasteiger charge is 2.33. The summed E-state index contributed by atoms with van der Waals surface area (Å²) in [5.41, 5.74) is 5.68. The van der Waals surface area contributed by atoms with E-state index >= 15 is 0 Å². The van der Waals surface area contributed by atoms with E-state index in [0.29, 0.717) is 5.75 Å². The van der Waals surface area contributed by atoms with Crippen molar-refractivity contribution >= 4 is 29.7 Å². The van der Waals surface area contributed by atoms with Crippen LogP contribution in [0.2, 0.25) is 0 Å². The van der Waals surface area contributed by atoms with Crippen LogP contribution in [0.4, 0.5) is 0 Å². The number of carbonyl (C=O) groups excluding carboxylic acids is 4. The lowest BCUT2D eigenvalue weighted by Gasteiger charge is -2.26. The molecule has 1 aromatic carbocycles. The monoisotopic (exact) mass is 608 g/mol. The van der Waals surface area contributed by atoms with Crippen LogP contribution >= 0.6 is 0 Å². The number of carboxylic acids is 1. The highest BCUT2D eigenvalue weighted by atomic mass is 16.6. The average Bonchev–Trinajstić information content (AvgIpc) is 2.84. The van der Waals surface area contributed by atoms with Crippen molar-refractivity contribution < 1.29 is 43.7 Å². The van der Waals surface area contributed by atoms with Gasteiger partial charge >= 0.3 is 11.9 Å². The molecule has 0 saturated carbocycles. The van der Waals surface area contributed by atoms with E-state index in [9.17, 15) is 34.2 Å². The summed E-state index contributed by atoms with van der Waals surface area (Å²) in [6.45, 7) is 13.4. The Morgan fingerprint density at radius 1 is 0.814 bits per heavy atom. The zero-order valence-electron chi connectivity index (χ0n) is 26.4. The molecule has 0 aliphatic rings. The summed E-state index contributed by atoms with van der Waals surface area (Å²) in [6.07, 6.45) is -0.263. The molecule has 0 unspecified atom stereocenters. The molecule has 0 saturated heterocycles. The fourth-order valence-corrected chi connectivity index (χ4v) is 3.86. The molecular weight excluding hydrogens is 560 g/mol. The van der Waals surface area contributed by atoms with E-state index in [1.165, 1.54) is 0 Å². The molecule has 0 aliphatic carbocycles. The number of hydrogen-bond donors (Lipinski definition) is 6. The van der Waals surface area contributed by atoms with Crippen molar-refractivity contribution in [2.75, 3.05) is 6.61 Å². The van der Waals surface area contributed by atoms with Crippen molar-refractivity contribution in [3.63, 3.8) is 0 Å². The second-order valence-corrected chi connectivity index (χ2v) is 12.8. The van der Waals surface area contributed by atoms with Crippen molar-refractivity contribution in [3.05, 3.63) is 29.8 Å². The number of hydrogen-bond acceptors (Lipinski definition) is 9. The molecule has 7 N–H and O–H groups in total. The van der Waals surface area contributed by atoms with Gasteiger partial charge in [-0.15, -0.1) is 0 Å². The number of rotatable bonds is 15. The van der Waals surface area contributed by atoms with Gasteiger partial charge in [0.25, 0.3) is 0 Å². The summed E-state index contributed by atoms with van der Waals surface area (Å²) in [6, 6.07) is 1.81. The maximum Gasteiger partial charge on any atom is 0.328 e. The predicted octanol–water partition coefficient (Wildman–Crippen LogP) is 1.04. The van der Waals surface area contributed by atoms with Crippen LogP contribution in [0.1, 0.15) is 73.8 Å². The first-order valence-electron chi connectivity index (χ1n) is 14.2. The molecule has 0 heterocycles. The Morgan fingerprint density at radius 3 is 1.79 bits per heavy atom. The maximum absolute atomic E-state index is 13.3. The topological polar surface area (TPSA) is 206 Å². The van der Waals surface area contributed by atoms with E-state index in [-0.39, 0.29) is 24.4 Å². The first-order chi connectivity index (χ1) is 19.7. The Morgan fingerprint density at radius 2 is 1.33 bits per heavy atom. The summed E-state index contributed by atoms with van der Waals surface area (Å²) in [5, 5.41) is 25.7. The molecule has 0 spiro atoms. The summed E-state index contributed by atoms with van der Waals surface area (Å²) in [7, 11) is 0. The third-order valence-electron chi connectivity index (χ3n) is 5.70. The molecule has 4 atom stereocenters. The van der Waals surface area contributed by atoms with Gasteiger partial charge in [0.1, 0.15) is 35.1 Å². The number of carbonyl (C=O) groups is 5. The number of carboxylic acid groups (broad SMARTS) is 1. The lowest BCUT2D eigenvalue weighted by atomic mass is 10.0. The molecule has 43 heavy (non-hydrogen) atoms. The number of esters is 1. The van der Waals surface area contributed by atoms with Gasteiger partial charge in [-0.05, 0) is 78.0 Å². The van der Waals surface area contributed by atoms with Crippen molar-refractivity contribution in [1.29, 1.82) is 0 Å².